The first kappa shape index (κ1) is 13.0. The van der Waals surface area contributed by atoms with Crippen LogP contribution in [0.1, 0.15) is 25.3 Å². The molecule has 3 nitrogen and oxygen atoms in total. The van der Waals surface area contributed by atoms with Crippen molar-refractivity contribution in [2.75, 3.05) is 7.11 Å². The van der Waals surface area contributed by atoms with Crippen molar-refractivity contribution in [3.05, 3.63) is 35.6 Å². The number of ether oxygens (including phenoxy) is 1. The number of benzene rings is 1. The maximum atomic E-state index is 12.9. The molecule has 1 aliphatic rings. The molecule has 98 valence electrons. The Labute approximate surface area is 106 Å². The predicted molar refractivity (Wildman–Crippen MR) is 66.7 cm³/mol. The molecule has 1 aliphatic carbocycles. The Morgan fingerprint density at radius 2 is 2.06 bits per heavy atom. The Morgan fingerprint density at radius 3 is 2.56 bits per heavy atom. The van der Waals surface area contributed by atoms with Crippen molar-refractivity contribution >= 4 is 5.97 Å². The molecule has 18 heavy (non-hydrogen) atoms. The lowest BCUT2D eigenvalue weighted by Crippen LogP contribution is -2.52. The van der Waals surface area contributed by atoms with Crippen LogP contribution in [0.2, 0.25) is 0 Å². The molecule has 0 saturated heterocycles. The van der Waals surface area contributed by atoms with Crippen molar-refractivity contribution in [3.8, 4) is 0 Å². The standard InChI is InChI=1S/C14H18FNO2/c1-14(13(17)18-2,16-12-7-8-12)9-10-3-5-11(15)6-4-10/h3-6,12,16H,7-9H2,1-2H3. The molecule has 0 aromatic heterocycles. The molecule has 2 rings (SSSR count). The summed E-state index contributed by atoms with van der Waals surface area (Å²) in [6.45, 7) is 1.83. The highest BCUT2D eigenvalue weighted by atomic mass is 19.1. The summed E-state index contributed by atoms with van der Waals surface area (Å²) < 4.78 is 17.7. The third-order valence-electron chi connectivity index (χ3n) is 3.21. The van der Waals surface area contributed by atoms with Gasteiger partial charge in [0.05, 0.1) is 7.11 Å². The summed E-state index contributed by atoms with van der Waals surface area (Å²) in [6.07, 6.45) is 2.68. The highest BCUT2D eigenvalue weighted by molar-refractivity contribution is 5.80. The van der Waals surface area contributed by atoms with Crippen LogP contribution in [0.25, 0.3) is 0 Å². The lowest BCUT2D eigenvalue weighted by molar-refractivity contribution is -0.148. The van der Waals surface area contributed by atoms with Crippen LogP contribution in [0.15, 0.2) is 24.3 Å². The summed E-state index contributed by atoms with van der Waals surface area (Å²) >= 11 is 0. The third-order valence-corrected chi connectivity index (χ3v) is 3.21. The Bertz CT molecular complexity index is 428. The summed E-state index contributed by atoms with van der Waals surface area (Å²) in [6, 6.07) is 6.61. The zero-order valence-electron chi connectivity index (χ0n) is 10.7. The fraction of sp³-hybridized carbons (Fsp3) is 0.500. The first-order chi connectivity index (χ1) is 8.53. The van der Waals surface area contributed by atoms with E-state index in [-0.39, 0.29) is 11.8 Å². The third kappa shape index (κ3) is 3.07. The zero-order chi connectivity index (χ0) is 13.2. The molecule has 1 saturated carbocycles. The highest BCUT2D eigenvalue weighted by Crippen LogP contribution is 2.25. The molecule has 4 heteroatoms. The molecule has 0 heterocycles. The van der Waals surface area contributed by atoms with Gasteiger partial charge in [-0.2, -0.15) is 0 Å². The van der Waals surface area contributed by atoms with E-state index in [1.807, 2.05) is 6.92 Å². The number of rotatable bonds is 5. The molecule has 1 fully saturated rings. The number of carbonyl (C=O) groups excluding carboxylic acids is 1. The lowest BCUT2D eigenvalue weighted by atomic mass is 9.92. The van der Waals surface area contributed by atoms with Crippen LogP contribution < -0.4 is 5.32 Å². The molecule has 0 bridgehead atoms. The van der Waals surface area contributed by atoms with Gasteiger partial charge in [-0.3, -0.25) is 10.1 Å². The SMILES string of the molecule is COC(=O)C(C)(Cc1ccc(F)cc1)NC1CC1. The number of methoxy groups -OCH3 is 1. The van der Waals surface area contributed by atoms with Crippen LogP contribution in [0, 0.1) is 5.82 Å². The largest absolute Gasteiger partial charge is 0.468 e. The second-order valence-corrected chi connectivity index (χ2v) is 5.05. The van der Waals surface area contributed by atoms with Gasteiger partial charge < -0.3 is 4.74 Å². The molecule has 0 radical (unpaired) electrons. The fourth-order valence-electron chi connectivity index (χ4n) is 2.10. The maximum absolute atomic E-state index is 12.9. The minimum atomic E-state index is -0.742. The van der Waals surface area contributed by atoms with Crippen LogP contribution in [-0.2, 0) is 16.0 Å². The smallest absolute Gasteiger partial charge is 0.326 e. The van der Waals surface area contributed by atoms with Gasteiger partial charge in [-0.1, -0.05) is 12.1 Å². The van der Waals surface area contributed by atoms with E-state index >= 15 is 0 Å². The quantitative estimate of drug-likeness (QED) is 0.814. The van der Waals surface area contributed by atoms with E-state index in [1.54, 1.807) is 12.1 Å². The first-order valence-electron chi connectivity index (χ1n) is 6.14. The molecule has 0 amide bonds. The molecule has 0 spiro atoms. The van der Waals surface area contributed by atoms with E-state index in [4.69, 9.17) is 4.74 Å². The van der Waals surface area contributed by atoms with E-state index in [0.717, 1.165) is 18.4 Å². The molecular formula is C14H18FNO2. The van der Waals surface area contributed by atoms with E-state index in [1.165, 1.54) is 19.2 Å². The van der Waals surface area contributed by atoms with Crippen LogP contribution in [0.4, 0.5) is 4.39 Å². The van der Waals surface area contributed by atoms with Gasteiger partial charge in [0.25, 0.3) is 0 Å². The second kappa shape index (κ2) is 5.06. The van der Waals surface area contributed by atoms with E-state index in [0.29, 0.717) is 12.5 Å². The number of nitrogens with one attached hydrogen (secondary N) is 1. The Balaban J connectivity index is 2.13. The zero-order valence-corrected chi connectivity index (χ0v) is 10.7. The Kier molecular flexibility index (Phi) is 3.66. The predicted octanol–water partition coefficient (Wildman–Crippen LogP) is 2.05. The van der Waals surface area contributed by atoms with Gasteiger partial charge in [0.15, 0.2) is 0 Å². The van der Waals surface area contributed by atoms with Crippen molar-refractivity contribution < 1.29 is 13.9 Å². The molecular weight excluding hydrogens is 233 g/mol. The van der Waals surface area contributed by atoms with Gasteiger partial charge in [-0.25, -0.2) is 4.39 Å². The van der Waals surface area contributed by atoms with Crippen molar-refractivity contribution in [1.29, 1.82) is 0 Å². The topological polar surface area (TPSA) is 38.3 Å². The maximum Gasteiger partial charge on any atom is 0.326 e. The van der Waals surface area contributed by atoms with Crippen molar-refractivity contribution in [2.24, 2.45) is 0 Å². The minimum Gasteiger partial charge on any atom is -0.468 e. The van der Waals surface area contributed by atoms with Gasteiger partial charge >= 0.3 is 5.97 Å². The van der Waals surface area contributed by atoms with Crippen LogP contribution >= 0.6 is 0 Å². The van der Waals surface area contributed by atoms with Gasteiger partial charge in [-0.05, 0) is 37.5 Å². The molecule has 0 aliphatic heterocycles. The van der Waals surface area contributed by atoms with E-state index < -0.39 is 5.54 Å². The van der Waals surface area contributed by atoms with Crippen LogP contribution in [-0.4, -0.2) is 24.7 Å². The summed E-state index contributed by atoms with van der Waals surface area (Å²) in [5.74, 6) is -0.549. The van der Waals surface area contributed by atoms with E-state index in [9.17, 15) is 9.18 Å². The molecule has 1 atom stereocenters. The summed E-state index contributed by atoms with van der Waals surface area (Å²) in [7, 11) is 1.39. The second-order valence-electron chi connectivity index (χ2n) is 5.05. The number of halogens is 1. The minimum absolute atomic E-state index is 0.270. The number of hydrogen-bond donors (Lipinski definition) is 1. The average molecular weight is 251 g/mol. The van der Waals surface area contributed by atoms with Crippen molar-refractivity contribution in [3.63, 3.8) is 0 Å². The van der Waals surface area contributed by atoms with Gasteiger partial charge in [0, 0.05) is 12.5 Å². The van der Waals surface area contributed by atoms with Crippen LogP contribution in [0.5, 0.6) is 0 Å². The summed E-state index contributed by atoms with van der Waals surface area (Å²) in [5.41, 5.74) is 0.172. The monoisotopic (exact) mass is 251 g/mol. The van der Waals surface area contributed by atoms with Gasteiger partial charge in [-0.15, -0.1) is 0 Å². The summed E-state index contributed by atoms with van der Waals surface area (Å²) in [5, 5.41) is 3.31. The fourth-order valence-corrected chi connectivity index (χ4v) is 2.10. The van der Waals surface area contributed by atoms with Crippen molar-refractivity contribution in [1.82, 2.24) is 5.32 Å². The first-order valence-corrected chi connectivity index (χ1v) is 6.14. The normalized spacial score (nSPS) is 18.2. The highest BCUT2D eigenvalue weighted by Gasteiger charge is 2.39. The average Bonchev–Trinajstić information content (AvgIpc) is 3.14. The lowest BCUT2D eigenvalue weighted by Gasteiger charge is -2.28. The van der Waals surface area contributed by atoms with Crippen LogP contribution in [0.3, 0.4) is 0 Å². The van der Waals surface area contributed by atoms with Gasteiger partial charge in [0.1, 0.15) is 11.4 Å². The number of carbonyl (C=O) groups is 1. The Hall–Kier alpha value is -1.42. The Morgan fingerprint density at radius 1 is 1.44 bits per heavy atom. The van der Waals surface area contributed by atoms with Gasteiger partial charge in [0.2, 0.25) is 0 Å². The summed E-state index contributed by atoms with van der Waals surface area (Å²) in [4.78, 5) is 11.9. The van der Waals surface area contributed by atoms with E-state index in [2.05, 4.69) is 5.32 Å². The number of hydrogen-bond acceptors (Lipinski definition) is 3. The number of esters is 1. The molecule has 1 N–H and O–H groups in total. The molecule has 1 aromatic rings. The molecule has 1 unspecified atom stereocenters. The molecule has 1 aromatic carbocycles. The van der Waals surface area contributed by atoms with Crippen molar-refractivity contribution in [2.45, 2.75) is 37.8 Å².